The van der Waals surface area contributed by atoms with E-state index in [1.54, 1.807) is 12.1 Å². The second-order valence-electron chi connectivity index (χ2n) is 16.0. The molecule has 2 heterocycles. The van der Waals surface area contributed by atoms with Gasteiger partial charge < -0.3 is 41.3 Å². The maximum absolute atomic E-state index is 14.6. The van der Waals surface area contributed by atoms with Crippen molar-refractivity contribution in [2.24, 2.45) is 5.92 Å². The van der Waals surface area contributed by atoms with E-state index in [1.165, 1.54) is 46.9 Å². The first kappa shape index (κ1) is 46.5. The number of carbonyl (C=O) groups excluding carboxylic acids is 2. The fourth-order valence-electron chi connectivity index (χ4n) is 7.20. The average Bonchev–Trinajstić information content (AvgIpc) is 4.06. The van der Waals surface area contributed by atoms with Crippen LogP contribution in [0.5, 0.6) is 0 Å². The van der Waals surface area contributed by atoms with Crippen molar-refractivity contribution < 1.29 is 46.1 Å². The number of rotatable bonds is 14. The van der Waals surface area contributed by atoms with E-state index < -0.39 is 69.3 Å². The lowest BCUT2D eigenvalue weighted by molar-refractivity contribution is -0.0787. The monoisotopic (exact) mass is 1100 g/mol. The Hall–Kier alpha value is -4.48. The van der Waals surface area contributed by atoms with E-state index in [0.717, 1.165) is 36.4 Å². The molecule has 0 spiro atoms. The summed E-state index contributed by atoms with van der Waals surface area (Å²) in [4.78, 5) is 28.6. The smallest absolute Gasteiger partial charge is 0.256 e. The number of amides is 2. The van der Waals surface area contributed by atoms with Crippen LogP contribution in [0.3, 0.4) is 0 Å². The van der Waals surface area contributed by atoms with Crippen LogP contribution in [0.15, 0.2) is 91.0 Å². The standard InChI is InChI=1S/C24H21F3IN3O2.C21H21F3IN3O2/c25-18-8-7-17(22(21(18)27)30-20-9-6-16(28)10-19(20)26)23(32)31-13-24(33,14-31)12-29-11-15-4-2-1-3-5-15;22-15-5-4-14(19(18(15)24)27-17-6-3-13(25)7-16(17)23)20(29)28-10-21(30,11-28)9-26-8-12-1-2-12/h1-10,29-30,33H,11-14H2;3-7,12,26-27,30H,1-2,8-11H2. The molecule has 0 atom stereocenters. The van der Waals surface area contributed by atoms with Crippen LogP contribution in [0.2, 0.25) is 0 Å². The number of hydrogen-bond donors (Lipinski definition) is 6. The van der Waals surface area contributed by atoms with E-state index in [1.807, 2.05) is 75.5 Å². The number of carbonyl (C=O) groups is 2. The van der Waals surface area contributed by atoms with Crippen LogP contribution >= 0.6 is 45.2 Å². The highest BCUT2D eigenvalue weighted by Crippen LogP contribution is 2.34. The average molecular weight is 1100 g/mol. The molecule has 8 rings (SSSR count). The van der Waals surface area contributed by atoms with Crippen LogP contribution in [0.1, 0.15) is 39.1 Å². The Morgan fingerprint density at radius 1 is 0.603 bits per heavy atom. The van der Waals surface area contributed by atoms with Gasteiger partial charge in [0.25, 0.3) is 11.8 Å². The number of anilines is 4. The summed E-state index contributed by atoms with van der Waals surface area (Å²) >= 11 is 3.86. The maximum atomic E-state index is 14.6. The number of halogens is 8. The number of benzene rings is 5. The van der Waals surface area contributed by atoms with Gasteiger partial charge in [-0.05, 0) is 137 Å². The van der Waals surface area contributed by atoms with E-state index in [9.17, 15) is 46.1 Å². The van der Waals surface area contributed by atoms with Crippen molar-refractivity contribution >= 4 is 79.7 Å². The van der Waals surface area contributed by atoms with E-state index in [4.69, 9.17) is 0 Å². The van der Waals surface area contributed by atoms with Crippen molar-refractivity contribution in [3.05, 3.63) is 150 Å². The quantitative estimate of drug-likeness (QED) is 0.0487. The number of nitrogens with one attached hydrogen (secondary N) is 4. The van der Waals surface area contributed by atoms with Crippen molar-refractivity contribution in [3.8, 4) is 0 Å². The first-order valence-corrected chi connectivity index (χ1v) is 22.1. The molecular weight excluding hydrogens is 1060 g/mol. The third kappa shape index (κ3) is 11.4. The predicted octanol–water partition coefficient (Wildman–Crippen LogP) is 8.07. The van der Waals surface area contributed by atoms with Crippen molar-refractivity contribution in [1.29, 1.82) is 0 Å². The Bertz CT molecular complexity index is 2490. The molecule has 1 aliphatic carbocycles. The van der Waals surface area contributed by atoms with Gasteiger partial charge in [0.15, 0.2) is 23.3 Å². The van der Waals surface area contributed by atoms with E-state index in [2.05, 4.69) is 21.3 Å². The summed E-state index contributed by atoms with van der Waals surface area (Å²) in [5, 5.41) is 32.6. The molecule has 0 bridgehead atoms. The van der Waals surface area contributed by atoms with E-state index >= 15 is 0 Å². The summed E-state index contributed by atoms with van der Waals surface area (Å²) in [6.45, 7) is 2.27. The third-order valence-electron chi connectivity index (χ3n) is 10.8. The SMILES string of the molecule is O=C(c1ccc(F)c(F)c1Nc1ccc(I)cc1F)N1CC(O)(CNCC2CC2)C1.O=C(c1ccc(F)c(F)c1Nc1ccc(I)cc1F)N1CC(O)(CNCc2ccccc2)C1. The molecule has 2 amide bonds. The normalized spacial score (nSPS) is 16.0. The molecule has 0 radical (unpaired) electrons. The van der Waals surface area contributed by atoms with Gasteiger partial charge >= 0.3 is 0 Å². The Kier molecular flexibility index (Phi) is 14.6. The fourth-order valence-corrected chi connectivity index (χ4v) is 8.11. The van der Waals surface area contributed by atoms with Crippen LogP contribution in [0.4, 0.5) is 49.1 Å². The lowest BCUT2D eigenvalue weighted by Crippen LogP contribution is -2.67. The number of β-amino-alcohol motifs (C(OH)–C–C–N with tert-alkyl or cyclic N) is 2. The zero-order valence-corrected chi connectivity index (χ0v) is 37.8. The molecule has 0 aromatic heterocycles. The van der Waals surface area contributed by atoms with Gasteiger partial charge in [-0.15, -0.1) is 0 Å². The lowest BCUT2D eigenvalue weighted by Gasteiger charge is -2.46. The van der Waals surface area contributed by atoms with Crippen LogP contribution in [-0.4, -0.2) is 88.8 Å². The summed E-state index contributed by atoms with van der Waals surface area (Å²) in [6.07, 6.45) is 2.40. The highest BCUT2D eigenvalue weighted by atomic mass is 127. The van der Waals surface area contributed by atoms with Crippen molar-refractivity contribution in [2.45, 2.75) is 30.6 Å². The van der Waals surface area contributed by atoms with Gasteiger partial charge in [0.1, 0.15) is 22.8 Å². The Balaban J connectivity index is 0.000000190. The lowest BCUT2D eigenvalue weighted by atomic mass is 9.92. The second-order valence-corrected chi connectivity index (χ2v) is 18.5. The molecule has 1 saturated carbocycles. The van der Waals surface area contributed by atoms with Crippen LogP contribution < -0.4 is 21.3 Å². The van der Waals surface area contributed by atoms with Gasteiger partial charge in [0.2, 0.25) is 0 Å². The molecule has 3 aliphatic rings. The van der Waals surface area contributed by atoms with Crippen molar-refractivity contribution in [3.63, 3.8) is 0 Å². The first-order chi connectivity index (χ1) is 30.0. The van der Waals surface area contributed by atoms with Crippen molar-refractivity contribution in [2.75, 3.05) is 56.4 Å². The number of hydrogen-bond acceptors (Lipinski definition) is 8. The molecule has 2 aliphatic heterocycles. The zero-order chi connectivity index (χ0) is 45.1. The molecule has 2 saturated heterocycles. The largest absolute Gasteiger partial charge is 0.385 e. The summed E-state index contributed by atoms with van der Waals surface area (Å²) < 4.78 is 86.6. The molecule has 6 N–H and O–H groups in total. The van der Waals surface area contributed by atoms with Gasteiger partial charge in [-0.25, -0.2) is 26.3 Å². The first-order valence-electron chi connectivity index (χ1n) is 19.9. The zero-order valence-electron chi connectivity index (χ0n) is 33.4. The van der Waals surface area contributed by atoms with Gasteiger partial charge in [0, 0.05) is 26.8 Å². The predicted molar refractivity (Wildman–Crippen MR) is 243 cm³/mol. The highest BCUT2D eigenvalue weighted by Gasteiger charge is 2.45. The van der Waals surface area contributed by atoms with Crippen molar-refractivity contribution in [1.82, 2.24) is 20.4 Å². The minimum absolute atomic E-state index is 0.0317. The number of aliphatic hydroxyl groups is 2. The molecule has 332 valence electrons. The van der Waals surface area contributed by atoms with Gasteiger partial charge in [0.05, 0.1) is 60.1 Å². The maximum Gasteiger partial charge on any atom is 0.256 e. The Morgan fingerprint density at radius 2 is 1.05 bits per heavy atom. The van der Waals surface area contributed by atoms with Crippen LogP contribution in [0.25, 0.3) is 0 Å². The van der Waals surface area contributed by atoms with Gasteiger partial charge in [-0.1, -0.05) is 30.3 Å². The van der Waals surface area contributed by atoms with Gasteiger partial charge in [-0.3, -0.25) is 9.59 Å². The molecule has 10 nitrogen and oxygen atoms in total. The summed E-state index contributed by atoms with van der Waals surface area (Å²) in [6, 6.07) is 22.2. The molecule has 5 aromatic rings. The van der Waals surface area contributed by atoms with Crippen LogP contribution in [-0.2, 0) is 6.54 Å². The Morgan fingerprint density at radius 3 is 1.48 bits per heavy atom. The number of likely N-dealkylation sites (tertiary alicyclic amines) is 2. The van der Waals surface area contributed by atoms with E-state index in [-0.39, 0.29) is 55.2 Å². The van der Waals surface area contributed by atoms with E-state index in [0.29, 0.717) is 26.1 Å². The van der Waals surface area contributed by atoms with Crippen LogP contribution in [0, 0.1) is 48.0 Å². The van der Waals surface area contributed by atoms with Gasteiger partial charge in [-0.2, -0.15) is 0 Å². The molecule has 18 heteroatoms. The topological polar surface area (TPSA) is 129 Å². The molecule has 63 heavy (non-hydrogen) atoms. The highest BCUT2D eigenvalue weighted by molar-refractivity contribution is 14.1. The molecule has 5 aromatic carbocycles. The number of nitrogens with zero attached hydrogens (tertiary/aromatic N) is 2. The third-order valence-corrected chi connectivity index (χ3v) is 12.1. The summed E-state index contributed by atoms with van der Waals surface area (Å²) in [7, 11) is 0. The summed E-state index contributed by atoms with van der Waals surface area (Å²) in [5.74, 6) is -6.64. The second kappa shape index (κ2) is 19.7. The molecule has 3 fully saturated rings. The fraction of sp³-hybridized carbons (Fsp3) is 0.289. The Labute approximate surface area is 386 Å². The molecule has 0 unspecified atom stereocenters. The minimum atomic E-state index is -1.28. The minimum Gasteiger partial charge on any atom is -0.385 e. The summed E-state index contributed by atoms with van der Waals surface area (Å²) in [5.41, 5.74) is -2.41. The molecular formula is C45H42F6I2N6O4.